The van der Waals surface area contributed by atoms with Gasteiger partial charge in [0.05, 0.1) is 16.8 Å². The molecule has 0 spiro atoms. The van der Waals surface area contributed by atoms with E-state index >= 15 is 0 Å². The summed E-state index contributed by atoms with van der Waals surface area (Å²) in [5, 5.41) is 4.09. The number of carbonyl (C=O) groups is 1. The second-order valence-electron chi connectivity index (χ2n) is 6.25. The van der Waals surface area contributed by atoms with E-state index in [0.29, 0.717) is 28.6 Å². The van der Waals surface area contributed by atoms with Crippen molar-refractivity contribution in [2.45, 2.75) is 32.4 Å². The van der Waals surface area contributed by atoms with Crippen LogP contribution in [0.4, 0.5) is 5.69 Å². The Morgan fingerprint density at radius 2 is 2.25 bits per heavy atom. The number of rotatable bonds is 3. The second kappa shape index (κ2) is 4.64. The van der Waals surface area contributed by atoms with Gasteiger partial charge in [0.25, 0.3) is 0 Å². The Morgan fingerprint density at radius 1 is 1.50 bits per heavy atom. The van der Waals surface area contributed by atoms with E-state index in [-0.39, 0.29) is 5.41 Å². The van der Waals surface area contributed by atoms with Crippen LogP contribution >= 0.6 is 11.6 Å². The quantitative estimate of drug-likeness (QED) is 0.901. The van der Waals surface area contributed by atoms with E-state index in [1.165, 1.54) is 0 Å². The number of benzene rings is 1. The predicted octanol–water partition coefficient (Wildman–Crippen LogP) is 2.66. The number of ether oxygens (including phenoxy) is 1. The summed E-state index contributed by atoms with van der Waals surface area (Å²) in [5.74, 6) is 0.0676. The molecule has 0 bridgehead atoms. The molecular formula is C15H19ClN2O2. The first kappa shape index (κ1) is 13.7. The molecule has 4 nitrogen and oxygen atoms in total. The first-order chi connectivity index (χ1) is 9.41. The van der Waals surface area contributed by atoms with E-state index in [0.717, 1.165) is 18.7 Å². The molecule has 1 aliphatic carbocycles. The van der Waals surface area contributed by atoms with Crippen LogP contribution in [0.2, 0.25) is 5.02 Å². The number of nitrogens with one attached hydrogen (secondary N) is 1. The maximum absolute atomic E-state index is 11.3. The van der Waals surface area contributed by atoms with Crippen LogP contribution in [-0.4, -0.2) is 24.7 Å². The van der Waals surface area contributed by atoms with Gasteiger partial charge >= 0.3 is 0 Å². The molecule has 1 saturated carbocycles. The number of hydrogen-bond acceptors (Lipinski definition) is 3. The first-order valence-corrected chi connectivity index (χ1v) is 7.26. The SMILES string of the molecule is CC1(C)C(Nc2cc(C(N)=O)ccc2Cl)C2CCOC21. The Hall–Kier alpha value is -1.26. The Morgan fingerprint density at radius 3 is 2.95 bits per heavy atom. The molecule has 1 aromatic carbocycles. The van der Waals surface area contributed by atoms with Gasteiger partial charge in [-0.15, -0.1) is 0 Å². The Bertz CT molecular complexity index is 559. The van der Waals surface area contributed by atoms with E-state index in [1.54, 1.807) is 18.2 Å². The molecule has 1 amide bonds. The fourth-order valence-corrected chi connectivity index (χ4v) is 3.75. The average Bonchev–Trinajstić information content (AvgIpc) is 2.84. The van der Waals surface area contributed by atoms with Gasteiger partial charge in [0.1, 0.15) is 0 Å². The van der Waals surface area contributed by atoms with E-state index in [4.69, 9.17) is 22.1 Å². The van der Waals surface area contributed by atoms with Gasteiger partial charge in [0.15, 0.2) is 0 Å². The summed E-state index contributed by atoms with van der Waals surface area (Å²) >= 11 is 6.22. The number of anilines is 1. The fraction of sp³-hybridized carbons (Fsp3) is 0.533. The third-order valence-electron chi connectivity index (χ3n) is 4.66. The van der Waals surface area contributed by atoms with Crippen LogP contribution < -0.4 is 11.1 Å². The van der Waals surface area contributed by atoms with Crippen molar-refractivity contribution in [2.24, 2.45) is 17.1 Å². The van der Waals surface area contributed by atoms with E-state index in [9.17, 15) is 4.79 Å². The van der Waals surface area contributed by atoms with Crippen LogP contribution in [0.1, 0.15) is 30.6 Å². The molecule has 2 aliphatic rings. The number of fused-ring (bicyclic) bond motifs is 1. The summed E-state index contributed by atoms with van der Waals surface area (Å²) in [4.78, 5) is 11.3. The summed E-state index contributed by atoms with van der Waals surface area (Å²) in [5.41, 5.74) is 6.62. The molecule has 1 aromatic rings. The minimum atomic E-state index is -0.445. The Balaban J connectivity index is 1.84. The van der Waals surface area contributed by atoms with Gasteiger partial charge in [0, 0.05) is 29.5 Å². The monoisotopic (exact) mass is 294 g/mol. The van der Waals surface area contributed by atoms with E-state index in [2.05, 4.69) is 19.2 Å². The molecule has 3 N–H and O–H groups in total. The second-order valence-corrected chi connectivity index (χ2v) is 6.65. The zero-order valence-electron chi connectivity index (χ0n) is 11.7. The molecule has 3 atom stereocenters. The zero-order valence-corrected chi connectivity index (χ0v) is 12.4. The fourth-order valence-electron chi connectivity index (χ4n) is 3.57. The van der Waals surface area contributed by atoms with Crippen LogP contribution in [0.5, 0.6) is 0 Å². The molecule has 3 rings (SSSR count). The smallest absolute Gasteiger partial charge is 0.248 e. The molecule has 5 heteroatoms. The van der Waals surface area contributed by atoms with Crippen LogP contribution in [0, 0.1) is 11.3 Å². The van der Waals surface area contributed by atoms with Crippen LogP contribution in [0.15, 0.2) is 18.2 Å². The number of nitrogens with two attached hydrogens (primary N) is 1. The lowest BCUT2D eigenvalue weighted by atomic mass is 9.57. The topological polar surface area (TPSA) is 64.3 Å². The predicted molar refractivity (Wildman–Crippen MR) is 79.0 cm³/mol. The molecule has 1 aliphatic heterocycles. The van der Waals surface area contributed by atoms with Gasteiger partial charge in [0.2, 0.25) is 5.91 Å². The molecule has 2 fully saturated rings. The molecule has 0 radical (unpaired) electrons. The number of halogens is 1. The number of carbonyl (C=O) groups excluding carboxylic acids is 1. The average molecular weight is 295 g/mol. The molecular weight excluding hydrogens is 276 g/mol. The number of amides is 1. The lowest BCUT2D eigenvalue weighted by Gasteiger charge is -2.55. The normalized spacial score (nSPS) is 30.4. The van der Waals surface area contributed by atoms with Crippen molar-refractivity contribution >= 4 is 23.2 Å². The van der Waals surface area contributed by atoms with Crippen molar-refractivity contribution in [3.63, 3.8) is 0 Å². The molecule has 1 saturated heterocycles. The van der Waals surface area contributed by atoms with Gasteiger partial charge in [-0.25, -0.2) is 0 Å². The summed E-state index contributed by atoms with van der Waals surface area (Å²) in [6, 6.07) is 5.38. The standard InChI is InChI=1S/C15H19ClN2O2/c1-15(2)12(9-5-6-20-13(9)15)18-11-7-8(14(17)19)3-4-10(11)16/h3-4,7,9,12-13,18H,5-6H2,1-2H3,(H2,17,19). The van der Waals surface area contributed by atoms with Gasteiger partial charge < -0.3 is 15.8 Å². The van der Waals surface area contributed by atoms with Gasteiger partial charge in [-0.1, -0.05) is 25.4 Å². The molecule has 3 unspecified atom stereocenters. The third kappa shape index (κ3) is 1.98. The highest BCUT2D eigenvalue weighted by Gasteiger charge is 2.59. The summed E-state index contributed by atoms with van der Waals surface area (Å²) in [6.07, 6.45) is 1.39. The summed E-state index contributed by atoms with van der Waals surface area (Å²) in [7, 11) is 0. The van der Waals surface area contributed by atoms with Crippen molar-refractivity contribution in [1.29, 1.82) is 0 Å². The molecule has 20 heavy (non-hydrogen) atoms. The number of hydrogen-bond donors (Lipinski definition) is 2. The minimum absolute atomic E-state index is 0.0627. The minimum Gasteiger partial charge on any atom is -0.380 e. The van der Waals surface area contributed by atoms with Crippen molar-refractivity contribution in [1.82, 2.24) is 0 Å². The zero-order chi connectivity index (χ0) is 14.5. The van der Waals surface area contributed by atoms with E-state index in [1.807, 2.05) is 0 Å². The van der Waals surface area contributed by atoms with Gasteiger partial charge in [-0.3, -0.25) is 4.79 Å². The Kier molecular flexibility index (Phi) is 3.18. The third-order valence-corrected chi connectivity index (χ3v) is 4.99. The lowest BCUT2D eigenvalue weighted by molar-refractivity contribution is -0.0923. The van der Waals surface area contributed by atoms with Crippen LogP contribution in [0.3, 0.4) is 0 Å². The maximum Gasteiger partial charge on any atom is 0.248 e. The highest BCUT2D eigenvalue weighted by Crippen LogP contribution is 2.53. The molecule has 0 aromatic heterocycles. The van der Waals surface area contributed by atoms with Crippen molar-refractivity contribution in [3.05, 3.63) is 28.8 Å². The maximum atomic E-state index is 11.3. The lowest BCUT2D eigenvalue weighted by Crippen LogP contribution is -2.63. The highest BCUT2D eigenvalue weighted by molar-refractivity contribution is 6.33. The number of primary amides is 1. The van der Waals surface area contributed by atoms with Crippen molar-refractivity contribution in [3.8, 4) is 0 Å². The van der Waals surface area contributed by atoms with Crippen molar-refractivity contribution < 1.29 is 9.53 Å². The van der Waals surface area contributed by atoms with Gasteiger partial charge in [-0.2, -0.15) is 0 Å². The largest absolute Gasteiger partial charge is 0.380 e. The van der Waals surface area contributed by atoms with Crippen LogP contribution in [0.25, 0.3) is 0 Å². The summed E-state index contributed by atoms with van der Waals surface area (Å²) < 4.78 is 5.78. The van der Waals surface area contributed by atoms with Crippen LogP contribution in [-0.2, 0) is 4.74 Å². The first-order valence-electron chi connectivity index (χ1n) is 6.89. The summed E-state index contributed by atoms with van der Waals surface area (Å²) in [6.45, 7) is 5.22. The van der Waals surface area contributed by atoms with Crippen molar-refractivity contribution in [2.75, 3.05) is 11.9 Å². The highest BCUT2D eigenvalue weighted by atomic mass is 35.5. The van der Waals surface area contributed by atoms with Gasteiger partial charge in [-0.05, 0) is 24.6 Å². The Labute approximate surface area is 123 Å². The molecule has 1 heterocycles. The van der Waals surface area contributed by atoms with E-state index < -0.39 is 5.91 Å². The molecule has 108 valence electrons.